The second-order valence-electron chi connectivity index (χ2n) is 4.31. The molecule has 0 saturated heterocycles. The van der Waals surface area contributed by atoms with Crippen LogP contribution in [0.5, 0.6) is 0 Å². The minimum absolute atomic E-state index is 0.295. The van der Waals surface area contributed by atoms with Crippen LogP contribution in [0.2, 0.25) is 0 Å². The van der Waals surface area contributed by atoms with E-state index in [1.165, 1.54) is 0 Å². The van der Waals surface area contributed by atoms with Gasteiger partial charge in [-0.15, -0.1) is 0 Å². The average Bonchev–Trinajstić information content (AvgIpc) is 2.42. The van der Waals surface area contributed by atoms with Crippen molar-refractivity contribution in [3.8, 4) is 0 Å². The van der Waals surface area contributed by atoms with E-state index in [1.807, 2.05) is 24.3 Å². The van der Waals surface area contributed by atoms with Gasteiger partial charge in [0.1, 0.15) is 5.82 Å². The van der Waals surface area contributed by atoms with Gasteiger partial charge in [0.2, 0.25) is 0 Å². The van der Waals surface area contributed by atoms with Crippen molar-refractivity contribution >= 4 is 16.9 Å². The highest BCUT2D eigenvalue weighted by Crippen LogP contribution is 2.11. The van der Waals surface area contributed by atoms with E-state index in [9.17, 15) is 0 Å². The summed E-state index contributed by atoms with van der Waals surface area (Å²) in [6, 6.07) is 7.86. The van der Waals surface area contributed by atoms with Crippen LogP contribution in [0.25, 0.3) is 11.0 Å². The highest BCUT2D eigenvalue weighted by Gasteiger charge is 1.98. The van der Waals surface area contributed by atoms with Gasteiger partial charge in [0, 0.05) is 13.2 Å². The van der Waals surface area contributed by atoms with Gasteiger partial charge in [-0.25, -0.2) is 4.98 Å². The maximum Gasteiger partial charge on any atom is 0.145 e. The topological polar surface area (TPSA) is 58.0 Å². The second-order valence-corrected chi connectivity index (χ2v) is 4.31. The molecular weight excluding hydrogens is 226 g/mol. The fraction of sp³-hybridized carbons (Fsp3) is 0.429. The number of aliphatic hydroxyl groups excluding tert-OH is 1. The standard InChI is InChI=1S/C14H19N3O/c18-10-6-2-1-5-9-15-14-11-16-12-7-3-4-8-13(12)17-14/h3-4,7-8,11,18H,1-2,5-6,9-10H2,(H,15,17). The number of fused-ring (bicyclic) bond motifs is 1. The lowest BCUT2D eigenvalue weighted by molar-refractivity contribution is 0.283. The maximum atomic E-state index is 8.67. The number of nitrogens with one attached hydrogen (secondary N) is 1. The Bertz CT molecular complexity index is 487. The fourth-order valence-corrected chi connectivity index (χ4v) is 1.85. The number of hydrogen-bond donors (Lipinski definition) is 2. The number of anilines is 1. The molecule has 1 heterocycles. The molecule has 4 nitrogen and oxygen atoms in total. The Kier molecular flexibility index (Phi) is 4.90. The molecule has 0 bridgehead atoms. The number of benzene rings is 1. The third-order valence-electron chi connectivity index (χ3n) is 2.84. The monoisotopic (exact) mass is 245 g/mol. The minimum Gasteiger partial charge on any atom is -0.396 e. The molecular formula is C14H19N3O. The lowest BCUT2D eigenvalue weighted by Crippen LogP contribution is -2.04. The van der Waals surface area contributed by atoms with Gasteiger partial charge in [0.25, 0.3) is 0 Å². The molecule has 96 valence electrons. The number of unbranched alkanes of at least 4 members (excludes halogenated alkanes) is 3. The van der Waals surface area contributed by atoms with Crippen LogP contribution in [0.3, 0.4) is 0 Å². The molecule has 0 aliphatic carbocycles. The van der Waals surface area contributed by atoms with Crippen molar-refractivity contribution < 1.29 is 5.11 Å². The Hall–Kier alpha value is -1.68. The summed E-state index contributed by atoms with van der Waals surface area (Å²) >= 11 is 0. The normalized spacial score (nSPS) is 10.7. The van der Waals surface area contributed by atoms with Gasteiger partial charge in [-0.05, 0) is 25.0 Å². The van der Waals surface area contributed by atoms with Crippen LogP contribution in [0.1, 0.15) is 25.7 Å². The fourth-order valence-electron chi connectivity index (χ4n) is 1.85. The van der Waals surface area contributed by atoms with Crippen LogP contribution < -0.4 is 5.32 Å². The molecule has 1 aromatic heterocycles. The van der Waals surface area contributed by atoms with Gasteiger partial charge in [0.05, 0.1) is 17.2 Å². The summed E-state index contributed by atoms with van der Waals surface area (Å²) in [7, 11) is 0. The second kappa shape index (κ2) is 6.91. The van der Waals surface area contributed by atoms with Gasteiger partial charge < -0.3 is 10.4 Å². The molecule has 1 aromatic carbocycles. The summed E-state index contributed by atoms with van der Waals surface area (Å²) in [5.74, 6) is 0.829. The van der Waals surface area contributed by atoms with Crippen LogP contribution in [-0.4, -0.2) is 28.2 Å². The number of nitrogens with zero attached hydrogens (tertiary/aromatic N) is 2. The predicted octanol–water partition coefficient (Wildman–Crippen LogP) is 2.59. The van der Waals surface area contributed by atoms with Crippen LogP contribution in [-0.2, 0) is 0 Å². The van der Waals surface area contributed by atoms with Crippen LogP contribution >= 0.6 is 0 Å². The first kappa shape index (κ1) is 12.8. The maximum absolute atomic E-state index is 8.67. The Labute approximate surface area is 107 Å². The molecule has 0 amide bonds. The average molecular weight is 245 g/mol. The zero-order valence-electron chi connectivity index (χ0n) is 10.5. The molecule has 2 N–H and O–H groups in total. The van der Waals surface area contributed by atoms with E-state index in [4.69, 9.17) is 5.11 Å². The Morgan fingerprint density at radius 3 is 2.61 bits per heavy atom. The Morgan fingerprint density at radius 2 is 1.78 bits per heavy atom. The van der Waals surface area contributed by atoms with Crippen molar-refractivity contribution in [2.75, 3.05) is 18.5 Å². The van der Waals surface area contributed by atoms with Gasteiger partial charge in [-0.2, -0.15) is 0 Å². The zero-order chi connectivity index (χ0) is 12.6. The zero-order valence-corrected chi connectivity index (χ0v) is 10.5. The number of rotatable bonds is 7. The summed E-state index contributed by atoms with van der Waals surface area (Å²) in [6.07, 6.45) is 5.98. The third-order valence-corrected chi connectivity index (χ3v) is 2.84. The molecule has 0 aliphatic rings. The molecule has 2 rings (SSSR count). The van der Waals surface area contributed by atoms with Gasteiger partial charge in [-0.1, -0.05) is 25.0 Å². The van der Waals surface area contributed by atoms with Crippen LogP contribution in [0.15, 0.2) is 30.5 Å². The first-order valence-corrected chi connectivity index (χ1v) is 6.46. The number of para-hydroxylation sites is 2. The molecule has 0 fully saturated rings. The van der Waals surface area contributed by atoms with Crippen LogP contribution in [0, 0.1) is 0 Å². The van der Waals surface area contributed by atoms with Crippen molar-refractivity contribution in [1.82, 2.24) is 9.97 Å². The van der Waals surface area contributed by atoms with Crippen molar-refractivity contribution in [2.24, 2.45) is 0 Å². The van der Waals surface area contributed by atoms with Crippen molar-refractivity contribution in [2.45, 2.75) is 25.7 Å². The Morgan fingerprint density at radius 1 is 1.00 bits per heavy atom. The van der Waals surface area contributed by atoms with E-state index in [-0.39, 0.29) is 0 Å². The van der Waals surface area contributed by atoms with Crippen molar-refractivity contribution in [1.29, 1.82) is 0 Å². The Balaban J connectivity index is 1.81. The smallest absolute Gasteiger partial charge is 0.145 e. The molecule has 0 aliphatic heterocycles. The van der Waals surface area contributed by atoms with Crippen molar-refractivity contribution in [3.63, 3.8) is 0 Å². The lowest BCUT2D eigenvalue weighted by atomic mass is 10.2. The molecule has 18 heavy (non-hydrogen) atoms. The lowest BCUT2D eigenvalue weighted by Gasteiger charge is -2.05. The van der Waals surface area contributed by atoms with Gasteiger partial charge in [0.15, 0.2) is 0 Å². The summed E-state index contributed by atoms with van der Waals surface area (Å²) in [5, 5.41) is 11.9. The SMILES string of the molecule is OCCCCCCNc1cnc2ccccc2n1. The summed E-state index contributed by atoms with van der Waals surface area (Å²) in [4.78, 5) is 8.85. The first-order valence-electron chi connectivity index (χ1n) is 6.46. The highest BCUT2D eigenvalue weighted by atomic mass is 16.2. The first-order chi connectivity index (χ1) is 8.90. The van der Waals surface area contributed by atoms with E-state index in [0.29, 0.717) is 6.61 Å². The van der Waals surface area contributed by atoms with Gasteiger partial charge in [-0.3, -0.25) is 4.98 Å². The van der Waals surface area contributed by atoms with E-state index >= 15 is 0 Å². The van der Waals surface area contributed by atoms with E-state index in [1.54, 1.807) is 6.20 Å². The molecule has 0 unspecified atom stereocenters. The number of hydrogen-bond acceptors (Lipinski definition) is 4. The predicted molar refractivity (Wildman–Crippen MR) is 73.6 cm³/mol. The minimum atomic E-state index is 0.295. The molecule has 0 saturated carbocycles. The summed E-state index contributed by atoms with van der Waals surface area (Å²) in [5.41, 5.74) is 1.84. The number of aliphatic hydroxyl groups is 1. The molecule has 0 radical (unpaired) electrons. The quantitative estimate of drug-likeness (QED) is 0.736. The van der Waals surface area contributed by atoms with E-state index in [0.717, 1.165) is 49.1 Å². The molecule has 0 atom stereocenters. The van der Waals surface area contributed by atoms with Crippen molar-refractivity contribution in [3.05, 3.63) is 30.5 Å². The van der Waals surface area contributed by atoms with E-state index < -0.39 is 0 Å². The van der Waals surface area contributed by atoms with E-state index in [2.05, 4.69) is 15.3 Å². The number of aromatic nitrogens is 2. The molecule has 0 spiro atoms. The van der Waals surface area contributed by atoms with Gasteiger partial charge >= 0.3 is 0 Å². The third kappa shape index (κ3) is 3.67. The van der Waals surface area contributed by atoms with Crippen LogP contribution in [0.4, 0.5) is 5.82 Å². The summed E-state index contributed by atoms with van der Waals surface area (Å²) in [6.45, 7) is 1.20. The molecule has 2 aromatic rings. The summed E-state index contributed by atoms with van der Waals surface area (Å²) < 4.78 is 0. The largest absolute Gasteiger partial charge is 0.396 e. The molecule has 4 heteroatoms. The highest BCUT2D eigenvalue weighted by molar-refractivity contribution is 5.75.